The molecule has 21 heavy (non-hydrogen) atoms. The average molecular weight is 289 g/mol. The van der Waals surface area contributed by atoms with E-state index < -0.39 is 5.97 Å². The summed E-state index contributed by atoms with van der Waals surface area (Å²) in [5.41, 5.74) is 1.74. The van der Waals surface area contributed by atoms with Crippen molar-refractivity contribution in [3.05, 3.63) is 30.6 Å². The van der Waals surface area contributed by atoms with E-state index in [1.165, 1.54) is 0 Å². The Kier molecular flexibility index (Phi) is 4.57. The molecule has 0 radical (unpaired) electrons. The van der Waals surface area contributed by atoms with Gasteiger partial charge in [0.15, 0.2) is 0 Å². The number of carboxylic acids is 1. The molecule has 0 bridgehead atoms. The van der Waals surface area contributed by atoms with Gasteiger partial charge >= 0.3 is 5.97 Å². The Balaban J connectivity index is 2.12. The first-order valence-electron chi connectivity index (χ1n) is 6.90. The maximum absolute atomic E-state index is 12.4. The summed E-state index contributed by atoms with van der Waals surface area (Å²) >= 11 is 0. The number of para-hydroxylation sites is 2. The van der Waals surface area contributed by atoms with Crippen molar-refractivity contribution in [1.82, 2.24) is 14.5 Å². The van der Waals surface area contributed by atoms with Crippen molar-refractivity contribution in [3.8, 4) is 0 Å². The second-order valence-corrected chi connectivity index (χ2v) is 5.19. The summed E-state index contributed by atoms with van der Waals surface area (Å²) in [5, 5.41) is 8.77. The normalized spacial score (nSPS) is 11.0. The Bertz CT molecular complexity index is 648. The third-order valence-electron chi connectivity index (χ3n) is 3.34. The summed E-state index contributed by atoms with van der Waals surface area (Å²) in [6, 6.07) is 7.56. The standard InChI is InChI=1S/C15H19N3O3/c1-11(2)18(8-7-15(20)21)14(19)9-17-10-16-12-5-3-4-6-13(12)17/h3-6,10-11H,7-9H2,1-2H3,(H,20,21). The van der Waals surface area contributed by atoms with Gasteiger partial charge in [0, 0.05) is 12.6 Å². The minimum absolute atomic E-state index is 0.0355. The number of hydrogen-bond donors (Lipinski definition) is 1. The predicted octanol–water partition coefficient (Wildman–Crippen LogP) is 1.75. The SMILES string of the molecule is CC(C)N(CCC(=O)O)C(=O)Cn1cnc2ccccc21. The average Bonchev–Trinajstić information content (AvgIpc) is 2.82. The van der Waals surface area contributed by atoms with Gasteiger partial charge in [0.1, 0.15) is 6.54 Å². The molecule has 0 unspecified atom stereocenters. The van der Waals surface area contributed by atoms with Crippen molar-refractivity contribution in [2.24, 2.45) is 0 Å². The molecule has 0 atom stereocenters. The Morgan fingerprint density at radius 2 is 2.05 bits per heavy atom. The lowest BCUT2D eigenvalue weighted by Gasteiger charge is -2.26. The van der Waals surface area contributed by atoms with Gasteiger partial charge in [-0.15, -0.1) is 0 Å². The van der Waals surface area contributed by atoms with Crippen LogP contribution >= 0.6 is 0 Å². The third-order valence-corrected chi connectivity index (χ3v) is 3.34. The highest BCUT2D eigenvalue weighted by Gasteiger charge is 2.18. The van der Waals surface area contributed by atoms with Crippen LogP contribution in [0.5, 0.6) is 0 Å². The minimum atomic E-state index is -0.901. The van der Waals surface area contributed by atoms with Crippen molar-refractivity contribution in [2.45, 2.75) is 32.9 Å². The highest BCUT2D eigenvalue weighted by Crippen LogP contribution is 2.12. The maximum atomic E-state index is 12.4. The van der Waals surface area contributed by atoms with Gasteiger partial charge in [0.25, 0.3) is 0 Å². The molecule has 0 fully saturated rings. The number of hydrogen-bond acceptors (Lipinski definition) is 3. The molecule has 2 aromatic rings. The van der Waals surface area contributed by atoms with E-state index in [4.69, 9.17) is 5.11 Å². The zero-order valence-corrected chi connectivity index (χ0v) is 12.2. The molecule has 2 rings (SSSR count). The molecule has 0 aliphatic rings. The Morgan fingerprint density at radius 3 is 2.71 bits per heavy atom. The summed E-state index contributed by atoms with van der Waals surface area (Å²) in [6.07, 6.45) is 1.59. The number of nitrogens with zero attached hydrogens (tertiary/aromatic N) is 3. The summed E-state index contributed by atoms with van der Waals surface area (Å²) in [4.78, 5) is 28.9. The zero-order valence-electron chi connectivity index (χ0n) is 12.2. The fourth-order valence-electron chi connectivity index (χ4n) is 2.26. The molecule has 112 valence electrons. The van der Waals surface area contributed by atoms with Gasteiger partial charge in [-0.05, 0) is 26.0 Å². The number of imidazole rings is 1. The molecule has 1 aromatic heterocycles. The van der Waals surface area contributed by atoms with E-state index in [0.29, 0.717) is 0 Å². The minimum Gasteiger partial charge on any atom is -0.481 e. The number of aliphatic carboxylic acids is 1. The van der Waals surface area contributed by atoms with E-state index in [9.17, 15) is 9.59 Å². The smallest absolute Gasteiger partial charge is 0.305 e. The molecule has 0 spiro atoms. The maximum Gasteiger partial charge on any atom is 0.305 e. The van der Waals surface area contributed by atoms with E-state index in [2.05, 4.69) is 4.98 Å². The molecule has 0 saturated carbocycles. The fourth-order valence-corrected chi connectivity index (χ4v) is 2.26. The number of carbonyl (C=O) groups is 2. The van der Waals surface area contributed by atoms with Crippen LogP contribution in [0.4, 0.5) is 0 Å². The quantitative estimate of drug-likeness (QED) is 0.879. The van der Waals surface area contributed by atoms with Gasteiger partial charge in [0.2, 0.25) is 5.91 Å². The van der Waals surface area contributed by atoms with Crippen LogP contribution in [0.15, 0.2) is 30.6 Å². The number of benzene rings is 1. The molecule has 1 aromatic carbocycles. The lowest BCUT2D eigenvalue weighted by atomic mass is 10.2. The number of amides is 1. The van der Waals surface area contributed by atoms with Gasteiger partial charge in [-0.2, -0.15) is 0 Å². The second-order valence-electron chi connectivity index (χ2n) is 5.19. The van der Waals surface area contributed by atoms with Crippen molar-refractivity contribution in [1.29, 1.82) is 0 Å². The molecule has 0 aliphatic heterocycles. The van der Waals surface area contributed by atoms with Crippen LogP contribution in [0.1, 0.15) is 20.3 Å². The number of rotatable bonds is 6. The molecule has 6 heteroatoms. The number of carbonyl (C=O) groups excluding carboxylic acids is 1. The van der Waals surface area contributed by atoms with E-state index in [1.54, 1.807) is 15.8 Å². The molecular weight excluding hydrogens is 270 g/mol. The first kappa shape index (κ1) is 15.0. The van der Waals surface area contributed by atoms with E-state index in [1.807, 2.05) is 38.1 Å². The van der Waals surface area contributed by atoms with Crippen LogP contribution in [0.3, 0.4) is 0 Å². The Morgan fingerprint density at radius 1 is 1.33 bits per heavy atom. The van der Waals surface area contributed by atoms with Crippen LogP contribution < -0.4 is 0 Å². The Labute approximate surface area is 123 Å². The Hall–Kier alpha value is -2.37. The monoisotopic (exact) mass is 289 g/mol. The third kappa shape index (κ3) is 3.59. The zero-order chi connectivity index (χ0) is 15.4. The van der Waals surface area contributed by atoms with Gasteiger partial charge < -0.3 is 14.6 Å². The van der Waals surface area contributed by atoms with Gasteiger partial charge in [-0.1, -0.05) is 12.1 Å². The molecular formula is C15H19N3O3. The first-order valence-corrected chi connectivity index (χ1v) is 6.90. The van der Waals surface area contributed by atoms with E-state index in [0.717, 1.165) is 11.0 Å². The van der Waals surface area contributed by atoms with Crippen LogP contribution in [-0.2, 0) is 16.1 Å². The van der Waals surface area contributed by atoms with Gasteiger partial charge in [0.05, 0.1) is 23.8 Å². The fraction of sp³-hybridized carbons (Fsp3) is 0.400. The van der Waals surface area contributed by atoms with Gasteiger partial charge in [-0.25, -0.2) is 4.98 Å². The molecule has 1 N–H and O–H groups in total. The number of carboxylic acid groups (broad SMARTS) is 1. The molecule has 0 saturated heterocycles. The van der Waals surface area contributed by atoms with Gasteiger partial charge in [-0.3, -0.25) is 9.59 Å². The second kappa shape index (κ2) is 6.39. The summed E-state index contributed by atoms with van der Waals surface area (Å²) in [5.74, 6) is -1.00. The van der Waals surface area contributed by atoms with Crippen LogP contribution in [0.2, 0.25) is 0 Å². The van der Waals surface area contributed by atoms with Crippen LogP contribution in [0.25, 0.3) is 11.0 Å². The van der Waals surface area contributed by atoms with Crippen molar-refractivity contribution < 1.29 is 14.7 Å². The predicted molar refractivity (Wildman–Crippen MR) is 78.8 cm³/mol. The molecule has 6 nitrogen and oxygen atoms in total. The largest absolute Gasteiger partial charge is 0.481 e. The van der Waals surface area contributed by atoms with E-state index in [-0.39, 0.29) is 31.5 Å². The topological polar surface area (TPSA) is 75.4 Å². The van der Waals surface area contributed by atoms with Crippen LogP contribution in [-0.4, -0.2) is 44.0 Å². The molecule has 1 amide bonds. The van der Waals surface area contributed by atoms with E-state index >= 15 is 0 Å². The van der Waals surface area contributed by atoms with Crippen molar-refractivity contribution in [3.63, 3.8) is 0 Å². The number of fused-ring (bicyclic) bond motifs is 1. The number of aromatic nitrogens is 2. The lowest BCUT2D eigenvalue weighted by Crippen LogP contribution is -2.40. The molecule has 1 heterocycles. The van der Waals surface area contributed by atoms with Crippen molar-refractivity contribution in [2.75, 3.05) is 6.54 Å². The lowest BCUT2D eigenvalue weighted by molar-refractivity contribution is -0.139. The van der Waals surface area contributed by atoms with Crippen LogP contribution in [0, 0.1) is 0 Å². The summed E-state index contributed by atoms with van der Waals surface area (Å²) in [7, 11) is 0. The summed E-state index contributed by atoms with van der Waals surface area (Å²) in [6.45, 7) is 4.15. The highest BCUT2D eigenvalue weighted by atomic mass is 16.4. The first-order chi connectivity index (χ1) is 9.99. The highest BCUT2D eigenvalue weighted by molar-refractivity contribution is 5.81. The van der Waals surface area contributed by atoms with Crippen molar-refractivity contribution >= 4 is 22.9 Å². The molecule has 0 aliphatic carbocycles. The summed E-state index contributed by atoms with van der Waals surface area (Å²) < 4.78 is 1.79.